The molecule has 0 fully saturated rings. The monoisotopic (exact) mass is 393 g/mol. The van der Waals surface area contributed by atoms with Gasteiger partial charge in [0.15, 0.2) is 5.82 Å². The fourth-order valence-corrected chi connectivity index (χ4v) is 4.02. The average molecular weight is 393 g/mol. The third-order valence-electron chi connectivity index (χ3n) is 4.25. The first kappa shape index (κ1) is 18.1. The van der Waals surface area contributed by atoms with Gasteiger partial charge in [0.1, 0.15) is 17.1 Å². The molecule has 0 amide bonds. The maximum absolute atomic E-state index is 13.0. The van der Waals surface area contributed by atoms with Crippen LogP contribution in [0.1, 0.15) is 6.92 Å². The maximum atomic E-state index is 13.0. The van der Waals surface area contributed by atoms with Crippen LogP contribution in [0.15, 0.2) is 83.9 Å². The molecule has 6 nitrogen and oxygen atoms in total. The first-order valence-corrected chi connectivity index (χ1v) is 10.3. The van der Waals surface area contributed by atoms with Crippen molar-refractivity contribution in [2.75, 3.05) is 11.3 Å². The Balaban J connectivity index is 1.78. The second-order valence-electron chi connectivity index (χ2n) is 6.11. The van der Waals surface area contributed by atoms with Crippen LogP contribution in [0, 0.1) is 0 Å². The second kappa shape index (κ2) is 7.36. The zero-order valence-corrected chi connectivity index (χ0v) is 16.1. The number of imidazole rings is 1. The van der Waals surface area contributed by atoms with Crippen molar-refractivity contribution < 1.29 is 13.2 Å². The van der Waals surface area contributed by atoms with Crippen molar-refractivity contribution in [1.29, 1.82) is 0 Å². The predicted octanol–water partition coefficient (Wildman–Crippen LogP) is 4.20. The lowest BCUT2D eigenvalue weighted by Gasteiger charge is -2.11. The van der Waals surface area contributed by atoms with Crippen LogP contribution >= 0.6 is 0 Å². The lowest BCUT2D eigenvalue weighted by atomic mass is 10.1. The number of anilines is 1. The molecule has 28 heavy (non-hydrogen) atoms. The van der Waals surface area contributed by atoms with Gasteiger partial charge in [-0.05, 0) is 43.3 Å². The van der Waals surface area contributed by atoms with Crippen molar-refractivity contribution in [3.8, 4) is 17.0 Å². The summed E-state index contributed by atoms with van der Waals surface area (Å²) in [5.41, 5.74) is 2.06. The number of hydrogen-bond donors (Lipinski definition) is 1. The van der Waals surface area contributed by atoms with E-state index in [0.29, 0.717) is 29.5 Å². The van der Waals surface area contributed by atoms with Crippen LogP contribution in [0.5, 0.6) is 5.75 Å². The van der Waals surface area contributed by atoms with Gasteiger partial charge in [0.2, 0.25) is 0 Å². The molecule has 0 atom stereocenters. The SMILES string of the molecule is CCOc1ccc(S(=O)(=O)Nc2c(-c3ccccc3)nc3ccccn23)cc1. The van der Waals surface area contributed by atoms with E-state index in [2.05, 4.69) is 9.71 Å². The number of sulfonamides is 1. The van der Waals surface area contributed by atoms with Crippen LogP contribution in [0.4, 0.5) is 5.82 Å². The third-order valence-corrected chi connectivity index (χ3v) is 5.61. The Kier molecular flexibility index (Phi) is 4.75. The van der Waals surface area contributed by atoms with Crippen LogP contribution in [-0.2, 0) is 10.0 Å². The lowest BCUT2D eigenvalue weighted by Crippen LogP contribution is -2.15. The molecule has 2 aromatic heterocycles. The molecular formula is C21H19N3O3S. The van der Waals surface area contributed by atoms with Gasteiger partial charge in [-0.1, -0.05) is 36.4 Å². The summed E-state index contributed by atoms with van der Waals surface area (Å²) < 4.78 is 35.8. The van der Waals surface area contributed by atoms with Gasteiger partial charge in [0, 0.05) is 11.8 Å². The number of rotatable bonds is 6. The molecule has 0 aliphatic rings. The molecule has 0 unspecified atom stereocenters. The minimum absolute atomic E-state index is 0.154. The summed E-state index contributed by atoms with van der Waals surface area (Å²) in [6.07, 6.45) is 1.78. The van der Waals surface area contributed by atoms with E-state index in [1.54, 1.807) is 22.7 Å². The minimum atomic E-state index is -3.80. The number of nitrogens with one attached hydrogen (secondary N) is 1. The van der Waals surface area contributed by atoms with Crippen molar-refractivity contribution in [3.05, 3.63) is 79.0 Å². The summed E-state index contributed by atoms with van der Waals surface area (Å²) in [6.45, 7) is 2.40. The van der Waals surface area contributed by atoms with Crippen LogP contribution in [0.25, 0.3) is 16.9 Å². The van der Waals surface area contributed by atoms with E-state index in [0.717, 1.165) is 5.56 Å². The van der Waals surface area contributed by atoms with Crippen LogP contribution in [0.3, 0.4) is 0 Å². The summed E-state index contributed by atoms with van der Waals surface area (Å²) in [5, 5.41) is 0. The van der Waals surface area contributed by atoms with E-state index in [-0.39, 0.29) is 4.90 Å². The molecule has 7 heteroatoms. The van der Waals surface area contributed by atoms with Gasteiger partial charge in [-0.2, -0.15) is 0 Å². The fourth-order valence-electron chi connectivity index (χ4n) is 2.96. The van der Waals surface area contributed by atoms with Gasteiger partial charge in [0.25, 0.3) is 10.0 Å². The molecule has 0 aliphatic heterocycles. The predicted molar refractivity (Wildman–Crippen MR) is 109 cm³/mol. The van der Waals surface area contributed by atoms with Gasteiger partial charge >= 0.3 is 0 Å². The molecule has 1 N–H and O–H groups in total. The van der Waals surface area contributed by atoms with Gasteiger partial charge in [-0.25, -0.2) is 13.4 Å². The molecular weight excluding hydrogens is 374 g/mol. The standard InChI is InChI=1S/C21H19N3O3S/c1-2-27-17-11-13-18(14-12-17)28(25,26)23-21-20(16-8-4-3-5-9-16)22-19-10-6-7-15-24(19)21/h3-15,23H,2H2,1H3. The maximum Gasteiger partial charge on any atom is 0.263 e. The summed E-state index contributed by atoms with van der Waals surface area (Å²) in [4.78, 5) is 4.77. The number of nitrogens with zero attached hydrogens (tertiary/aromatic N) is 2. The van der Waals surface area contributed by atoms with E-state index < -0.39 is 10.0 Å². The smallest absolute Gasteiger partial charge is 0.263 e. The molecule has 0 radical (unpaired) electrons. The molecule has 4 rings (SSSR count). The zero-order valence-electron chi connectivity index (χ0n) is 15.2. The number of pyridine rings is 1. The van der Waals surface area contributed by atoms with Gasteiger partial charge in [-0.3, -0.25) is 9.12 Å². The number of fused-ring (bicyclic) bond motifs is 1. The van der Waals surface area contributed by atoms with E-state index >= 15 is 0 Å². The van der Waals surface area contributed by atoms with Gasteiger partial charge in [-0.15, -0.1) is 0 Å². The average Bonchev–Trinajstić information content (AvgIpc) is 3.07. The second-order valence-corrected chi connectivity index (χ2v) is 7.80. The van der Waals surface area contributed by atoms with Crippen molar-refractivity contribution in [3.63, 3.8) is 0 Å². The van der Waals surface area contributed by atoms with E-state index in [4.69, 9.17) is 4.74 Å². The fraction of sp³-hybridized carbons (Fsp3) is 0.0952. The molecule has 0 aliphatic carbocycles. The highest BCUT2D eigenvalue weighted by Crippen LogP contribution is 2.30. The summed E-state index contributed by atoms with van der Waals surface area (Å²) in [6, 6.07) is 21.4. The first-order valence-electron chi connectivity index (χ1n) is 8.86. The third kappa shape index (κ3) is 3.44. The topological polar surface area (TPSA) is 72.7 Å². The molecule has 142 valence electrons. The molecule has 0 spiro atoms. The quantitative estimate of drug-likeness (QED) is 0.533. The normalized spacial score (nSPS) is 11.5. The van der Waals surface area contributed by atoms with E-state index in [1.165, 1.54) is 12.1 Å². The Labute approximate surface area is 163 Å². The molecule has 2 heterocycles. The van der Waals surface area contributed by atoms with Crippen molar-refractivity contribution >= 4 is 21.5 Å². The van der Waals surface area contributed by atoms with Crippen molar-refractivity contribution in [2.24, 2.45) is 0 Å². The summed E-state index contributed by atoms with van der Waals surface area (Å²) in [7, 11) is -3.80. The number of ether oxygens (including phenoxy) is 1. The summed E-state index contributed by atoms with van der Waals surface area (Å²) in [5.74, 6) is 1.02. The number of aromatic nitrogens is 2. The Morgan fingerprint density at radius 1 is 0.964 bits per heavy atom. The van der Waals surface area contributed by atoms with Crippen molar-refractivity contribution in [1.82, 2.24) is 9.38 Å². The van der Waals surface area contributed by atoms with Crippen LogP contribution < -0.4 is 9.46 Å². The highest BCUT2D eigenvalue weighted by molar-refractivity contribution is 7.92. The Hall–Kier alpha value is -3.32. The van der Waals surface area contributed by atoms with Crippen molar-refractivity contribution in [2.45, 2.75) is 11.8 Å². The molecule has 0 saturated carbocycles. The highest BCUT2D eigenvalue weighted by atomic mass is 32.2. The zero-order chi connectivity index (χ0) is 19.6. The van der Waals surface area contributed by atoms with Gasteiger partial charge < -0.3 is 4.74 Å². The van der Waals surface area contributed by atoms with Crippen LogP contribution in [0.2, 0.25) is 0 Å². The minimum Gasteiger partial charge on any atom is -0.494 e. The van der Waals surface area contributed by atoms with E-state index in [1.807, 2.05) is 55.5 Å². The Morgan fingerprint density at radius 2 is 1.68 bits per heavy atom. The number of hydrogen-bond acceptors (Lipinski definition) is 4. The Morgan fingerprint density at radius 3 is 2.39 bits per heavy atom. The molecule has 2 aromatic carbocycles. The Bertz CT molecular complexity index is 1200. The summed E-state index contributed by atoms with van der Waals surface area (Å²) >= 11 is 0. The lowest BCUT2D eigenvalue weighted by molar-refractivity contribution is 0.340. The van der Waals surface area contributed by atoms with Gasteiger partial charge in [0.05, 0.1) is 11.5 Å². The van der Waals surface area contributed by atoms with Crippen LogP contribution in [-0.4, -0.2) is 24.4 Å². The highest BCUT2D eigenvalue weighted by Gasteiger charge is 2.21. The molecule has 4 aromatic rings. The number of benzene rings is 2. The molecule has 0 bridgehead atoms. The largest absolute Gasteiger partial charge is 0.494 e. The molecule has 0 saturated heterocycles. The van der Waals surface area contributed by atoms with E-state index in [9.17, 15) is 8.42 Å². The first-order chi connectivity index (χ1) is 13.6.